The molecule has 0 N–H and O–H groups in total. The maximum absolute atomic E-state index is 13.6. The van der Waals surface area contributed by atoms with Crippen molar-refractivity contribution in [3.8, 4) is 23.0 Å². The van der Waals surface area contributed by atoms with E-state index in [-0.39, 0.29) is 15.7 Å². The number of piperazine rings is 1. The maximum atomic E-state index is 13.6. The van der Waals surface area contributed by atoms with E-state index in [1.54, 1.807) is 33.3 Å². The first-order chi connectivity index (χ1) is 20.9. The van der Waals surface area contributed by atoms with Crippen LogP contribution >= 0.6 is 11.9 Å². The van der Waals surface area contributed by atoms with Crippen LogP contribution in [0.3, 0.4) is 0 Å². The number of fused-ring (bicyclic) bond motifs is 1. The molecular formula is C34H44N3O5S+. The maximum Gasteiger partial charge on any atom is 0.337 e. The number of carbonyl (C=O) groups is 1. The molecule has 2 unspecified atom stereocenters. The average molecular weight is 607 g/mol. The molecule has 9 heteroatoms. The molecule has 5 rings (SSSR count). The van der Waals surface area contributed by atoms with Crippen molar-refractivity contribution in [2.24, 2.45) is 0 Å². The van der Waals surface area contributed by atoms with E-state index in [0.29, 0.717) is 23.9 Å². The summed E-state index contributed by atoms with van der Waals surface area (Å²) in [6, 6.07) is 20.3. The van der Waals surface area contributed by atoms with Crippen molar-refractivity contribution >= 4 is 23.5 Å². The Morgan fingerprint density at radius 2 is 1.47 bits per heavy atom. The molecular weight excluding hydrogens is 562 g/mol. The fraction of sp³-hybridized carbons (Fsp3) is 0.441. The van der Waals surface area contributed by atoms with Crippen LogP contribution in [0.1, 0.15) is 30.4 Å². The summed E-state index contributed by atoms with van der Waals surface area (Å²) in [4.78, 5) is 19.8. The summed E-state index contributed by atoms with van der Waals surface area (Å²) < 4.78 is 23.0. The number of methoxy groups -OCH3 is 3. The standard InChI is InChI=1S/C34H44N3O5S/c1-25-27-11-6-9-14-32(27)43-37(2,34(25)38)28-12-7-8-13-29(28)42-22-10-16-35-18-20-36(21-19-35)17-15-26-23-30(39-3)33(41-5)31(24-26)40-4/h6-9,11-14,23-25H,10,15-22H2,1-5H3/q+1. The average Bonchev–Trinajstić information content (AvgIpc) is 3.04. The van der Waals surface area contributed by atoms with Crippen LogP contribution in [0.15, 0.2) is 65.6 Å². The molecule has 2 aliphatic heterocycles. The number of hydrogen-bond donors (Lipinski definition) is 0. The van der Waals surface area contributed by atoms with E-state index in [1.165, 1.54) is 5.56 Å². The van der Waals surface area contributed by atoms with Crippen LogP contribution in [0.5, 0.6) is 23.0 Å². The lowest BCUT2D eigenvalue weighted by atomic mass is 9.99. The summed E-state index contributed by atoms with van der Waals surface area (Å²) in [5, 5.41) is 0. The molecule has 3 aromatic rings. The van der Waals surface area contributed by atoms with Crippen LogP contribution in [-0.4, -0.2) is 90.0 Å². The molecule has 2 atom stereocenters. The van der Waals surface area contributed by atoms with E-state index in [1.807, 2.05) is 62.5 Å². The highest BCUT2D eigenvalue weighted by Crippen LogP contribution is 2.49. The second-order valence-corrected chi connectivity index (χ2v) is 12.6. The van der Waals surface area contributed by atoms with Crippen molar-refractivity contribution in [1.29, 1.82) is 0 Å². The molecule has 8 nitrogen and oxygen atoms in total. The molecule has 0 spiro atoms. The minimum Gasteiger partial charge on any atom is -0.493 e. The highest BCUT2D eigenvalue weighted by atomic mass is 32.2. The minimum absolute atomic E-state index is 0.145. The first kappa shape index (κ1) is 31.2. The summed E-state index contributed by atoms with van der Waals surface area (Å²) in [6.07, 6.45) is 1.86. The van der Waals surface area contributed by atoms with Gasteiger partial charge in [0.05, 0.1) is 45.8 Å². The molecule has 1 fully saturated rings. The Bertz CT molecular complexity index is 1390. The smallest absolute Gasteiger partial charge is 0.337 e. The monoisotopic (exact) mass is 606 g/mol. The van der Waals surface area contributed by atoms with Crippen LogP contribution in [0.2, 0.25) is 0 Å². The molecule has 0 aliphatic carbocycles. The summed E-state index contributed by atoms with van der Waals surface area (Å²) in [7, 11) is 6.92. The van der Waals surface area contributed by atoms with Gasteiger partial charge < -0.3 is 28.7 Å². The quantitative estimate of drug-likeness (QED) is 0.149. The largest absolute Gasteiger partial charge is 0.493 e. The second kappa shape index (κ2) is 14.0. The number of rotatable bonds is 12. The van der Waals surface area contributed by atoms with E-state index in [9.17, 15) is 4.79 Å². The van der Waals surface area contributed by atoms with Gasteiger partial charge in [-0.2, -0.15) is 3.89 Å². The van der Waals surface area contributed by atoms with Crippen molar-refractivity contribution in [3.63, 3.8) is 0 Å². The third-order valence-electron chi connectivity index (χ3n) is 8.56. The Morgan fingerprint density at radius 3 is 2.14 bits per heavy atom. The van der Waals surface area contributed by atoms with Crippen LogP contribution in [-0.2, 0) is 11.2 Å². The number of likely N-dealkylation sites (N-methyl/N-ethyl adjacent to an activating group) is 1. The summed E-state index contributed by atoms with van der Waals surface area (Å²) in [5.41, 5.74) is 3.18. The lowest BCUT2D eigenvalue weighted by Gasteiger charge is -2.36. The van der Waals surface area contributed by atoms with Crippen LogP contribution in [0.25, 0.3) is 0 Å². The molecule has 0 radical (unpaired) electrons. The number of quaternary nitrogens is 1. The predicted octanol–water partition coefficient (Wildman–Crippen LogP) is 5.63. The highest BCUT2D eigenvalue weighted by molar-refractivity contribution is 7.99. The van der Waals surface area contributed by atoms with Crippen molar-refractivity contribution in [2.75, 3.05) is 74.3 Å². The van der Waals surface area contributed by atoms with Gasteiger partial charge in [-0.1, -0.05) is 30.3 Å². The van der Waals surface area contributed by atoms with Crippen molar-refractivity contribution < 1.29 is 23.7 Å². The Morgan fingerprint density at radius 1 is 0.837 bits per heavy atom. The minimum atomic E-state index is -0.170. The van der Waals surface area contributed by atoms with E-state index < -0.39 is 0 Å². The third-order valence-corrected chi connectivity index (χ3v) is 9.88. The van der Waals surface area contributed by atoms with Crippen LogP contribution in [0.4, 0.5) is 5.69 Å². The van der Waals surface area contributed by atoms with Gasteiger partial charge in [-0.15, -0.1) is 0 Å². The molecule has 0 aromatic heterocycles. The lowest BCUT2D eigenvalue weighted by molar-refractivity contribution is -0.126. The molecule has 1 amide bonds. The third kappa shape index (κ3) is 6.80. The zero-order valence-electron chi connectivity index (χ0n) is 26.0. The van der Waals surface area contributed by atoms with E-state index in [2.05, 4.69) is 21.9 Å². The molecule has 0 saturated carbocycles. The highest BCUT2D eigenvalue weighted by Gasteiger charge is 2.47. The molecule has 3 aromatic carbocycles. The number of para-hydroxylation sites is 2. The van der Waals surface area contributed by atoms with Gasteiger partial charge in [0, 0.05) is 45.3 Å². The van der Waals surface area contributed by atoms with Gasteiger partial charge in [0.1, 0.15) is 11.9 Å². The SMILES string of the molecule is COc1cc(CCN2CCN(CCCOc3ccccc3[N+]3(C)Sc4ccccc4C(C)C3=O)CC2)cc(OC)c1OC. The summed E-state index contributed by atoms with van der Waals surface area (Å²) in [6.45, 7) is 8.78. The Balaban J connectivity index is 1.09. The van der Waals surface area contributed by atoms with Crippen molar-refractivity contribution in [1.82, 2.24) is 13.7 Å². The fourth-order valence-electron chi connectivity index (χ4n) is 6.04. The fourth-order valence-corrected chi connectivity index (χ4v) is 7.42. The van der Waals surface area contributed by atoms with Gasteiger partial charge in [0.15, 0.2) is 22.9 Å². The van der Waals surface area contributed by atoms with Crippen molar-refractivity contribution in [2.45, 2.75) is 30.6 Å². The van der Waals surface area contributed by atoms with E-state index in [4.69, 9.17) is 18.9 Å². The van der Waals surface area contributed by atoms with Gasteiger partial charge in [-0.05, 0) is 55.2 Å². The van der Waals surface area contributed by atoms with Gasteiger partial charge in [0.25, 0.3) is 0 Å². The molecule has 230 valence electrons. The zero-order valence-corrected chi connectivity index (χ0v) is 26.8. The molecule has 2 heterocycles. The van der Waals surface area contributed by atoms with E-state index in [0.717, 1.165) is 74.0 Å². The number of nitrogens with zero attached hydrogens (tertiary/aromatic N) is 3. The number of hydrogen-bond acceptors (Lipinski definition) is 8. The van der Waals surface area contributed by atoms with Gasteiger partial charge in [-0.3, -0.25) is 0 Å². The normalized spacial score (nSPS) is 20.9. The summed E-state index contributed by atoms with van der Waals surface area (Å²) in [5.74, 6) is 2.81. The Kier molecular flexibility index (Phi) is 10.2. The molecule has 43 heavy (non-hydrogen) atoms. The van der Waals surface area contributed by atoms with Gasteiger partial charge >= 0.3 is 5.91 Å². The number of benzene rings is 3. The van der Waals surface area contributed by atoms with Crippen LogP contribution in [0, 0.1) is 0 Å². The number of amides is 1. The summed E-state index contributed by atoms with van der Waals surface area (Å²) >= 11 is 1.59. The van der Waals surface area contributed by atoms with E-state index >= 15 is 0 Å². The first-order valence-corrected chi connectivity index (χ1v) is 15.8. The van der Waals surface area contributed by atoms with Gasteiger partial charge in [-0.25, -0.2) is 4.79 Å². The number of ether oxygens (including phenoxy) is 4. The zero-order chi connectivity index (χ0) is 30.4. The lowest BCUT2D eigenvalue weighted by Crippen LogP contribution is -2.48. The topological polar surface area (TPSA) is 60.5 Å². The second-order valence-electron chi connectivity index (χ2n) is 11.2. The van der Waals surface area contributed by atoms with Gasteiger partial charge in [0.2, 0.25) is 5.75 Å². The molecule has 0 bridgehead atoms. The first-order valence-electron chi connectivity index (χ1n) is 15.0. The Labute approximate surface area is 260 Å². The van der Waals surface area contributed by atoms with Crippen molar-refractivity contribution in [3.05, 3.63) is 71.8 Å². The number of carbonyl (C=O) groups excluding carboxylic acids is 1. The Hall–Kier alpha value is -3.24. The molecule has 1 saturated heterocycles. The predicted molar refractivity (Wildman–Crippen MR) is 173 cm³/mol. The molecule has 2 aliphatic rings. The van der Waals surface area contributed by atoms with Crippen LogP contribution < -0.4 is 22.8 Å².